The highest BCUT2D eigenvalue weighted by Gasteiger charge is 2.21. The lowest BCUT2D eigenvalue weighted by Crippen LogP contribution is -2.30. The third-order valence-electron chi connectivity index (χ3n) is 4.82. The summed E-state index contributed by atoms with van der Waals surface area (Å²) < 4.78 is 28.4. The van der Waals surface area contributed by atoms with Gasteiger partial charge in [-0.3, -0.25) is 0 Å². The predicted molar refractivity (Wildman–Crippen MR) is 111 cm³/mol. The van der Waals surface area contributed by atoms with Gasteiger partial charge in [-0.2, -0.15) is 8.99 Å². The lowest BCUT2D eigenvalue weighted by molar-refractivity contribution is 0.445. The maximum atomic E-state index is 12.6. The van der Waals surface area contributed by atoms with Crippen LogP contribution in [-0.4, -0.2) is 46.0 Å². The Morgan fingerprint density at radius 1 is 1.03 bits per heavy atom. The number of sulfonamides is 1. The fraction of sp³-hybridized carbons (Fsp3) is 0.350. The summed E-state index contributed by atoms with van der Waals surface area (Å²) in [6, 6.07) is 16.7. The van der Waals surface area contributed by atoms with Crippen molar-refractivity contribution in [3.8, 4) is 5.69 Å². The Labute approximate surface area is 171 Å². The van der Waals surface area contributed by atoms with Crippen molar-refractivity contribution < 1.29 is 8.42 Å². The Balaban J connectivity index is 1.68. The molecule has 1 N–H and O–H groups in total. The van der Waals surface area contributed by atoms with Crippen LogP contribution in [0.2, 0.25) is 0 Å². The van der Waals surface area contributed by atoms with E-state index in [-0.39, 0.29) is 6.04 Å². The number of hydrogen-bond donors (Lipinski definition) is 1. The number of benzene rings is 2. The zero-order chi connectivity index (χ0) is 20.9. The molecule has 0 saturated carbocycles. The number of nitrogens with one attached hydrogen (secondary N) is 1. The number of hydrogen-bond acceptors (Lipinski definition) is 6. The molecule has 0 saturated heterocycles. The molecule has 0 aliphatic rings. The number of rotatable bonds is 9. The lowest BCUT2D eigenvalue weighted by atomic mass is 10.1. The molecule has 3 rings (SSSR count). The molecule has 0 aliphatic carbocycles. The van der Waals surface area contributed by atoms with Crippen molar-refractivity contribution in [1.82, 2.24) is 29.8 Å². The molecule has 9 heteroatoms. The predicted octanol–water partition coefficient (Wildman–Crippen LogP) is 2.54. The maximum Gasteiger partial charge on any atom is 0.243 e. The molecule has 0 fully saturated rings. The molecule has 1 atom stereocenters. The second-order valence-electron chi connectivity index (χ2n) is 6.60. The van der Waals surface area contributed by atoms with Crippen LogP contribution in [0.25, 0.3) is 5.69 Å². The first kappa shape index (κ1) is 21.1. The average molecular weight is 415 g/mol. The second kappa shape index (κ2) is 9.25. The van der Waals surface area contributed by atoms with E-state index in [0.717, 1.165) is 11.3 Å². The van der Waals surface area contributed by atoms with E-state index in [0.29, 0.717) is 30.4 Å². The van der Waals surface area contributed by atoms with Crippen LogP contribution in [0.1, 0.15) is 38.2 Å². The minimum atomic E-state index is -3.44. The van der Waals surface area contributed by atoms with Crippen molar-refractivity contribution in [2.45, 2.75) is 38.3 Å². The summed E-state index contributed by atoms with van der Waals surface area (Å²) in [6.45, 7) is 7.07. The summed E-state index contributed by atoms with van der Waals surface area (Å²) in [5, 5.41) is 15.3. The van der Waals surface area contributed by atoms with Gasteiger partial charge in [0.2, 0.25) is 10.0 Å². The standard InChI is InChI=1S/C20H26N6O2S/c1-4-25(5-2)29(27,28)19-13-11-17(12-14-19)16(3)21-15-20-22-23-24-26(20)18-9-7-6-8-10-18/h6-14,16,21H,4-5,15H2,1-3H3/t16-/m1/s1. The molecule has 0 aliphatic heterocycles. The first-order chi connectivity index (χ1) is 14.0. The molecule has 1 aromatic heterocycles. The fourth-order valence-electron chi connectivity index (χ4n) is 3.09. The third kappa shape index (κ3) is 4.69. The molecular formula is C20H26N6O2S. The molecular weight excluding hydrogens is 388 g/mol. The van der Waals surface area contributed by atoms with Gasteiger partial charge < -0.3 is 5.32 Å². The molecule has 3 aromatic rings. The number of tetrazole rings is 1. The van der Waals surface area contributed by atoms with Crippen molar-refractivity contribution in [2.24, 2.45) is 0 Å². The first-order valence-electron chi connectivity index (χ1n) is 9.63. The van der Waals surface area contributed by atoms with Crippen molar-refractivity contribution in [2.75, 3.05) is 13.1 Å². The van der Waals surface area contributed by atoms with E-state index in [2.05, 4.69) is 20.8 Å². The fourth-order valence-corrected chi connectivity index (χ4v) is 4.55. The highest BCUT2D eigenvalue weighted by molar-refractivity contribution is 7.89. The Kier molecular flexibility index (Phi) is 6.73. The zero-order valence-corrected chi connectivity index (χ0v) is 17.7. The van der Waals surface area contributed by atoms with E-state index in [4.69, 9.17) is 0 Å². The van der Waals surface area contributed by atoms with Crippen LogP contribution in [0, 0.1) is 0 Å². The summed E-state index contributed by atoms with van der Waals surface area (Å²) in [6.07, 6.45) is 0. The number of nitrogens with zero attached hydrogens (tertiary/aromatic N) is 5. The van der Waals surface area contributed by atoms with Crippen LogP contribution >= 0.6 is 0 Å². The summed E-state index contributed by atoms with van der Waals surface area (Å²) in [7, 11) is -3.44. The largest absolute Gasteiger partial charge is 0.303 e. The van der Waals surface area contributed by atoms with E-state index in [1.807, 2.05) is 63.2 Å². The molecule has 0 amide bonds. The van der Waals surface area contributed by atoms with E-state index in [1.54, 1.807) is 16.8 Å². The van der Waals surface area contributed by atoms with Crippen LogP contribution in [0.3, 0.4) is 0 Å². The van der Waals surface area contributed by atoms with Gasteiger partial charge in [-0.15, -0.1) is 5.10 Å². The topological polar surface area (TPSA) is 93.0 Å². The smallest absolute Gasteiger partial charge is 0.243 e. The first-order valence-corrected chi connectivity index (χ1v) is 11.1. The van der Waals surface area contributed by atoms with Crippen molar-refractivity contribution in [3.05, 3.63) is 66.0 Å². The molecule has 0 radical (unpaired) electrons. The molecule has 2 aromatic carbocycles. The Bertz CT molecular complexity index is 1010. The van der Waals surface area contributed by atoms with Gasteiger partial charge >= 0.3 is 0 Å². The molecule has 154 valence electrons. The normalized spacial score (nSPS) is 13.0. The van der Waals surface area contributed by atoms with Gasteiger partial charge in [0.15, 0.2) is 5.82 Å². The van der Waals surface area contributed by atoms with Crippen molar-refractivity contribution in [1.29, 1.82) is 0 Å². The Hall–Kier alpha value is -2.62. The van der Waals surface area contributed by atoms with Gasteiger partial charge in [0.25, 0.3) is 0 Å². The van der Waals surface area contributed by atoms with Crippen LogP contribution < -0.4 is 5.32 Å². The second-order valence-corrected chi connectivity index (χ2v) is 8.54. The summed E-state index contributed by atoms with van der Waals surface area (Å²) in [5.74, 6) is 0.698. The lowest BCUT2D eigenvalue weighted by Gasteiger charge is -2.19. The van der Waals surface area contributed by atoms with E-state index in [1.165, 1.54) is 4.31 Å². The van der Waals surface area contributed by atoms with E-state index >= 15 is 0 Å². The van der Waals surface area contributed by atoms with Crippen LogP contribution in [0.15, 0.2) is 59.5 Å². The highest BCUT2D eigenvalue weighted by Crippen LogP contribution is 2.20. The summed E-state index contributed by atoms with van der Waals surface area (Å²) >= 11 is 0. The van der Waals surface area contributed by atoms with Gasteiger partial charge in [0, 0.05) is 19.1 Å². The molecule has 8 nitrogen and oxygen atoms in total. The summed E-state index contributed by atoms with van der Waals surface area (Å²) in [5.41, 5.74) is 1.88. The highest BCUT2D eigenvalue weighted by atomic mass is 32.2. The number of para-hydroxylation sites is 1. The minimum absolute atomic E-state index is 0.00105. The monoisotopic (exact) mass is 414 g/mol. The molecule has 29 heavy (non-hydrogen) atoms. The number of aromatic nitrogens is 4. The van der Waals surface area contributed by atoms with Crippen LogP contribution in [0.4, 0.5) is 0 Å². The van der Waals surface area contributed by atoms with Crippen LogP contribution in [0.5, 0.6) is 0 Å². The van der Waals surface area contributed by atoms with Crippen molar-refractivity contribution in [3.63, 3.8) is 0 Å². The Morgan fingerprint density at radius 3 is 2.31 bits per heavy atom. The van der Waals surface area contributed by atoms with Gasteiger partial charge in [-0.25, -0.2) is 8.42 Å². The minimum Gasteiger partial charge on any atom is -0.303 e. The average Bonchev–Trinajstić information content (AvgIpc) is 3.22. The zero-order valence-electron chi connectivity index (χ0n) is 16.9. The van der Waals surface area contributed by atoms with Gasteiger partial charge in [-0.1, -0.05) is 44.2 Å². The molecule has 0 spiro atoms. The van der Waals surface area contributed by atoms with Crippen LogP contribution in [-0.2, 0) is 16.6 Å². The molecule has 0 bridgehead atoms. The third-order valence-corrected chi connectivity index (χ3v) is 6.89. The van der Waals surface area contributed by atoms with E-state index in [9.17, 15) is 8.42 Å². The SMILES string of the molecule is CCN(CC)S(=O)(=O)c1ccc([C@@H](C)NCc2nnnn2-c2ccccc2)cc1. The van der Waals surface area contributed by atoms with Gasteiger partial charge in [0.05, 0.1) is 17.1 Å². The van der Waals surface area contributed by atoms with Crippen molar-refractivity contribution >= 4 is 10.0 Å². The van der Waals surface area contributed by atoms with E-state index < -0.39 is 10.0 Å². The quantitative estimate of drug-likeness (QED) is 0.578. The molecule has 1 heterocycles. The summed E-state index contributed by atoms with van der Waals surface area (Å²) in [4.78, 5) is 0.310. The maximum absolute atomic E-state index is 12.6. The van der Waals surface area contributed by atoms with Gasteiger partial charge in [0.1, 0.15) is 0 Å². The van der Waals surface area contributed by atoms with Gasteiger partial charge in [-0.05, 0) is 47.2 Å². The Morgan fingerprint density at radius 2 is 1.69 bits per heavy atom. The molecule has 0 unspecified atom stereocenters.